The van der Waals surface area contributed by atoms with Gasteiger partial charge in [-0.05, 0) is 55.6 Å². The summed E-state index contributed by atoms with van der Waals surface area (Å²) in [4.78, 5) is 32.7. The number of likely N-dealkylation sites (N-methyl/N-ethyl adjacent to an activating group) is 1. The van der Waals surface area contributed by atoms with Crippen LogP contribution in [-0.2, 0) is 17.6 Å². The second kappa shape index (κ2) is 8.26. The number of H-pyrrole nitrogens is 1. The fourth-order valence-electron chi connectivity index (χ4n) is 5.20. The molecule has 1 unspecified atom stereocenters. The minimum Gasteiger partial charge on any atom is -0.366 e. The summed E-state index contributed by atoms with van der Waals surface area (Å²) in [6, 6.07) is 6.82. The molecule has 2 aromatic carbocycles. The van der Waals surface area contributed by atoms with Crippen LogP contribution in [0.25, 0.3) is 22.0 Å². The number of hydrogen-bond acceptors (Lipinski definition) is 3. The number of piperazine rings is 1. The van der Waals surface area contributed by atoms with Crippen molar-refractivity contribution in [3.05, 3.63) is 58.8 Å². The number of nitrogens with zero attached hydrogens (tertiary/aromatic N) is 2. The third-order valence-electron chi connectivity index (χ3n) is 7.00. The molecule has 0 bridgehead atoms. The van der Waals surface area contributed by atoms with E-state index >= 15 is 0 Å². The van der Waals surface area contributed by atoms with E-state index in [0.717, 1.165) is 24.3 Å². The Morgan fingerprint density at radius 2 is 1.76 bits per heavy atom. The van der Waals surface area contributed by atoms with Gasteiger partial charge in [-0.25, -0.2) is 8.78 Å². The Hall–Kier alpha value is -3.26. The Bertz CT molecular complexity index is 1240. The molecule has 0 saturated carbocycles. The monoisotopic (exact) mass is 452 g/mol. The summed E-state index contributed by atoms with van der Waals surface area (Å²) < 4.78 is 29.3. The smallest absolute Gasteiger partial charge is 0.250 e. The summed E-state index contributed by atoms with van der Waals surface area (Å²) in [7, 11) is 2.05. The first-order chi connectivity index (χ1) is 15.8. The summed E-state index contributed by atoms with van der Waals surface area (Å²) >= 11 is 0. The fraction of sp³-hybridized carbons (Fsp3) is 0.360. The number of rotatable bonds is 3. The first-order valence-corrected chi connectivity index (χ1v) is 11.2. The Morgan fingerprint density at radius 3 is 2.42 bits per heavy atom. The Morgan fingerprint density at radius 1 is 1.06 bits per heavy atom. The van der Waals surface area contributed by atoms with Gasteiger partial charge in [0.15, 0.2) is 0 Å². The van der Waals surface area contributed by atoms with Gasteiger partial charge in [-0.2, -0.15) is 0 Å². The summed E-state index contributed by atoms with van der Waals surface area (Å²) in [5, 5.41) is 0.607. The normalized spacial score (nSPS) is 19.0. The molecule has 3 aromatic rings. The van der Waals surface area contributed by atoms with Gasteiger partial charge in [0.25, 0.3) is 5.91 Å². The third-order valence-corrected chi connectivity index (χ3v) is 7.00. The maximum Gasteiger partial charge on any atom is 0.250 e. The molecule has 1 fully saturated rings. The number of amides is 2. The molecule has 2 amide bonds. The van der Waals surface area contributed by atoms with E-state index in [1.54, 1.807) is 6.07 Å². The molecule has 1 aliphatic heterocycles. The number of hydrogen-bond donors (Lipinski definition) is 2. The molecule has 8 heteroatoms. The summed E-state index contributed by atoms with van der Waals surface area (Å²) in [5.74, 6) is -1.99. The molecule has 6 nitrogen and oxygen atoms in total. The van der Waals surface area contributed by atoms with Crippen LogP contribution in [0.5, 0.6) is 0 Å². The molecular formula is C25H26F2N4O2. The van der Waals surface area contributed by atoms with Gasteiger partial charge in [-0.1, -0.05) is 12.1 Å². The Kier molecular flexibility index (Phi) is 5.40. The van der Waals surface area contributed by atoms with Crippen molar-refractivity contribution in [1.82, 2.24) is 14.8 Å². The molecule has 1 atom stereocenters. The highest BCUT2D eigenvalue weighted by Crippen LogP contribution is 2.40. The van der Waals surface area contributed by atoms with E-state index in [4.69, 9.17) is 5.73 Å². The van der Waals surface area contributed by atoms with Crippen LogP contribution in [0.4, 0.5) is 8.78 Å². The van der Waals surface area contributed by atoms with Crippen LogP contribution >= 0.6 is 0 Å². The van der Waals surface area contributed by atoms with Crippen LogP contribution in [0, 0.1) is 17.6 Å². The average molecular weight is 453 g/mol. The van der Waals surface area contributed by atoms with E-state index in [2.05, 4.69) is 9.88 Å². The highest BCUT2D eigenvalue weighted by Gasteiger charge is 2.33. The lowest BCUT2D eigenvalue weighted by Crippen LogP contribution is -2.49. The molecule has 1 saturated heterocycles. The zero-order chi connectivity index (χ0) is 23.3. The number of halogens is 2. The van der Waals surface area contributed by atoms with Gasteiger partial charge in [0.1, 0.15) is 11.6 Å². The summed E-state index contributed by atoms with van der Waals surface area (Å²) in [5.41, 5.74) is 8.32. The zero-order valence-corrected chi connectivity index (χ0v) is 18.5. The van der Waals surface area contributed by atoms with Crippen LogP contribution in [0.15, 0.2) is 30.3 Å². The lowest BCUT2D eigenvalue weighted by molar-refractivity contribution is -0.137. The molecule has 1 aromatic heterocycles. The number of carbonyl (C=O) groups excluding carboxylic acids is 2. The minimum absolute atomic E-state index is 0.129. The van der Waals surface area contributed by atoms with E-state index in [1.807, 2.05) is 11.9 Å². The molecular weight excluding hydrogens is 426 g/mol. The summed E-state index contributed by atoms with van der Waals surface area (Å²) in [6.07, 6.45) is 1.71. The topological polar surface area (TPSA) is 82.4 Å². The van der Waals surface area contributed by atoms with Crippen molar-refractivity contribution in [2.45, 2.75) is 19.3 Å². The highest BCUT2D eigenvalue weighted by molar-refractivity contribution is 6.11. The zero-order valence-electron chi connectivity index (χ0n) is 18.5. The molecule has 3 N–H and O–H groups in total. The van der Waals surface area contributed by atoms with E-state index < -0.39 is 17.5 Å². The van der Waals surface area contributed by atoms with Gasteiger partial charge in [-0.15, -0.1) is 0 Å². The first-order valence-electron chi connectivity index (χ1n) is 11.2. The number of benzene rings is 2. The van der Waals surface area contributed by atoms with E-state index in [0.29, 0.717) is 48.8 Å². The number of nitrogens with two attached hydrogens (primary N) is 1. The number of carbonyl (C=O) groups is 2. The van der Waals surface area contributed by atoms with Crippen LogP contribution in [0.1, 0.15) is 28.0 Å². The van der Waals surface area contributed by atoms with Gasteiger partial charge < -0.3 is 20.5 Å². The lowest BCUT2D eigenvalue weighted by atomic mass is 9.84. The molecule has 2 heterocycles. The number of fused-ring (bicyclic) bond motifs is 3. The summed E-state index contributed by atoms with van der Waals surface area (Å²) in [6.45, 7) is 3.15. The third kappa shape index (κ3) is 3.68. The molecule has 5 rings (SSSR count). The van der Waals surface area contributed by atoms with Crippen LogP contribution in [0.3, 0.4) is 0 Å². The average Bonchev–Trinajstić information content (AvgIpc) is 3.17. The Labute approximate surface area is 190 Å². The second-order valence-electron chi connectivity index (χ2n) is 9.02. The van der Waals surface area contributed by atoms with Crippen molar-refractivity contribution >= 4 is 22.7 Å². The Balaban J connectivity index is 1.58. The lowest BCUT2D eigenvalue weighted by Gasteiger charge is -2.35. The van der Waals surface area contributed by atoms with Gasteiger partial charge in [-0.3, -0.25) is 9.59 Å². The molecule has 172 valence electrons. The van der Waals surface area contributed by atoms with E-state index in [9.17, 15) is 18.4 Å². The van der Waals surface area contributed by atoms with Crippen molar-refractivity contribution in [3.63, 3.8) is 0 Å². The highest BCUT2D eigenvalue weighted by atomic mass is 19.1. The van der Waals surface area contributed by atoms with Crippen molar-refractivity contribution in [2.75, 3.05) is 33.2 Å². The SMILES string of the molecule is CN1CCN(C(=O)C2CCc3c([nH]c4c(C(N)=O)ccc(-c5c(F)cccc5F)c34)C2)CC1. The molecule has 33 heavy (non-hydrogen) atoms. The van der Waals surface area contributed by atoms with Gasteiger partial charge >= 0.3 is 0 Å². The quantitative estimate of drug-likeness (QED) is 0.641. The van der Waals surface area contributed by atoms with Crippen molar-refractivity contribution in [3.8, 4) is 11.1 Å². The van der Waals surface area contributed by atoms with Gasteiger partial charge in [0.05, 0.1) is 16.6 Å². The van der Waals surface area contributed by atoms with Crippen LogP contribution < -0.4 is 5.73 Å². The van der Waals surface area contributed by atoms with Gasteiger partial charge in [0.2, 0.25) is 5.91 Å². The van der Waals surface area contributed by atoms with Crippen LogP contribution in [-0.4, -0.2) is 59.8 Å². The molecule has 0 radical (unpaired) electrons. The van der Waals surface area contributed by atoms with Crippen molar-refractivity contribution in [2.24, 2.45) is 11.7 Å². The maximum absolute atomic E-state index is 14.7. The predicted octanol–water partition coefficient (Wildman–Crippen LogP) is 3.09. The number of aromatic amines is 1. The maximum atomic E-state index is 14.7. The van der Waals surface area contributed by atoms with Crippen molar-refractivity contribution < 1.29 is 18.4 Å². The van der Waals surface area contributed by atoms with E-state index in [-0.39, 0.29) is 23.0 Å². The standard InChI is InChI=1S/C25H26F2N4O2/c1-30-9-11-31(12-10-30)25(33)14-5-6-15-20(13-14)29-23-17(24(28)32)8-7-16(21(15)23)22-18(26)3-2-4-19(22)27/h2-4,7-8,14,29H,5-6,9-13H2,1H3,(H2,28,32). The minimum atomic E-state index is -0.669. The predicted molar refractivity (Wildman–Crippen MR) is 122 cm³/mol. The number of aromatic nitrogens is 1. The number of primary amides is 1. The number of nitrogens with one attached hydrogen (secondary N) is 1. The fourth-order valence-corrected chi connectivity index (χ4v) is 5.20. The van der Waals surface area contributed by atoms with E-state index in [1.165, 1.54) is 24.3 Å². The first kappa shape index (κ1) is 21.6. The number of aryl methyl sites for hydroxylation is 1. The second-order valence-corrected chi connectivity index (χ2v) is 9.02. The largest absolute Gasteiger partial charge is 0.366 e. The van der Waals surface area contributed by atoms with Gasteiger partial charge in [0, 0.05) is 43.2 Å². The van der Waals surface area contributed by atoms with Crippen LogP contribution in [0.2, 0.25) is 0 Å². The molecule has 2 aliphatic rings. The van der Waals surface area contributed by atoms with Crippen molar-refractivity contribution in [1.29, 1.82) is 0 Å². The molecule has 0 spiro atoms. The molecule has 1 aliphatic carbocycles.